The molecule has 3 amide bonds. The van der Waals surface area contributed by atoms with Gasteiger partial charge < -0.3 is 30.7 Å². The molecule has 10 nitrogen and oxygen atoms in total. The molecule has 1 unspecified atom stereocenters. The van der Waals surface area contributed by atoms with Gasteiger partial charge >= 0.3 is 6.09 Å². The van der Waals surface area contributed by atoms with E-state index in [0.29, 0.717) is 18.9 Å². The highest BCUT2D eigenvalue weighted by atomic mass is 16.5. The Bertz CT molecular complexity index is 1350. The van der Waals surface area contributed by atoms with Crippen LogP contribution in [0.4, 0.5) is 10.5 Å². The Morgan fingerprint density at radius 3 is 2.68 bits per heavy atom. The van der Waals surface area contributed by atoms with Gasteiger partial charge in [0.25, 0.3) is 5.56 Å². The number of fused-ring (bicyclic) bond motifs is 1. The van der Waals surface area contributed by atoms with Crippen LogP contribution in [0, 0.1) is 5.92 Å². The average molecular weight is 508 g/mol. The third-order valence-corrected chi connectivity index (χ3v) is 5.76. The van der Waals surface area contributed by atoms with Gasteiger partial charge in [-0.1, -0.05) is 32.1 Å². The summed E-state index contributed by atoms with van der Waals surface area (Å²) in [7, 11) is 1.18. The lowest BCUT2D eigenvalue weighted by Gasteiger charge is -2.17. The first kappa shape index (κ1) is 27.3. The molecule has 2 heterocycles. The number of aromatic amines is 1. The smallest absolute Gasteiger partial charge is 0.407 e. The van der Waals surface area contributed by atoms with Crippen molar-refractivity contribution in [1.29, 1.82) is 0 Å². The molecule has 1 atom stereocenters. The molecule has 0 aliphatic carbocycles. The summed E-state index contributed by atoms with van der Waals surface area (Å²) < 4.78 is 6.10. The summed E-state index contributed by atoms with van der Waals surface area (Å²) in [5, 5.41) is 6.18. The van der Waals surface area contributed by atoms with Gasteiger partial charge in [0.05, 0.1) is 13.7 Å². The maximum Gasteiger partial charge on any atom is 0.407 e. The van der Waals surface area contributed by atoms with E-state index < -0.39 is 23.9 Å². The molecule has 10 heteroatoms. The van der Waals surface area contributed by atoms with E-state index in [9.17, 15) is 19.2 Å². The quantitative estimate of drug-likeness (QED) is 0.294. The second-order valence-electron chi connectivity index (χ2n) is 9.19. The lowest BCUT2D eigenvalue weighted by molar-refractivity contribution is -0.118. The van der Waals surface area contributed by atoms with Crippen LogP contribution < -0.4 is 21.9 Å². The molecule has 3 aromatic rings. The van der Waals surface area contributed by atoms with E-state index in [1.807, 2.05) is 12.1 Å². The molecule has 2 aromatic heterocycles. The van der Waals surface area contributed by atoms with Crippen molar-refractivity contribution in [3.05, 3.63) is 76.4 Å². The number of anilines is 1. The fraction of sp³-hybridized carbons (Fsp3) is 0.333. The highest BCUT2D eigenvalue weighted by molar-refractivity contribution is 5.96. The van der Waals surface area contributed by atoms with Crippen LogP contribution >= 0.6 is 0 Å². The van der Waals surface area contributed by atoms with Crippen molar-refractivity contribution in [2.45, 2.75) is 45.7 Å². The van der Waals surface area contributed by atoms with Gasteiger partial charge in [0, 0.05) is 22.8 Å². The fourth-order valence-corrected chi connectivity index (χ4v) is 4.07. The zero-order valence-electron chi connectivity index (χ0n) is 21.2. The highest BCUT2D eigenvalue weighted by Crippen LogP contribution is 2.23. The number of aromatic nitrogens is 2. The SMILES string of the molecule is COC(=O)NC(CCC=CC(N)=O)C(=O)Nc1cccn(Cc2cc3c(CC(C)C)cccc3[nH]2)c1=O. The average Bonchev–Trinajstić information content (AvgIpc) is 3.26. The van der Waals surface area contributed by atoms with E-state index in [1.165, 1.54) is 35.5 Å². The molecule has 37 heavy (non-hydrogen) atoms. The van der Waals surface area contributed by atoms with Gasteiger partial charge in [-0.15, -0.1) is 0 Å². The largest absolute Gasteiger partial charge is 0.453 e. The van der Waals surface area contributed by atoms with Crippen molar-refractivity contribution in [3.8, 4) is 0 Å². The summed E-state index contributed by atoms with van der Waals surface area (Å²) in [4.78, 5) is 52.0. The number of benzene rings is 1. The summed E-state index contributed by atoms with van der Waals surface area (Å²) in [5.41, 5.74) is 7.88. The number of rotatable bonds is 11. The van der Waals surface area contributed by atoms with Crippen LogP contribution in [-0.4, -0.2) is 40.6 Å². The standard InChI is InChI=1S/C27H33N5O5/c1-17(2)14-18-8-6-10-21-20(18)15-19(29-21)16-32-13-7-11-23(26(32)35)30-25(34)22(31-27(36)37-3)9-4-5-12-24(28)33/h5-8,10-13,15,17,22,29H,4,9,14,16H2,1-3H3,(H2,28,33)(H,30,34)(H,31,36). The molecule has 0 aliphatic heterocycles. The Morgan fingerprint density at radius 2 is 1.97 bits per heavy atom. The van der Waals surface area contributed by atoms with Crippen LogP contribution in [0.5, 0.6) is 0 Å². The summed E-state index contributed by atoms with van der Waals surface area (Å²) in [6.45, 7) is 4.64. The lowest BCUT2D eigenvalue weighted by atomic mass is 10.00. The van der Waals surface area contributed by atoms with E-state index >= 15 is 0 Å². The molecule has 0 saturated carbocycles. The lowest BCUT2D eigenvalue weighted by Crippen LogP contribution is -2.44. The molecule has 5 N–H and O–H groups in total. The summed E-state index contributed by atoms with van der Waals surface area (Å²) in [6.07, 6.45) is 4.96. The van der Waals surface area contributed by atoms with Crippen molar-refractivity contribution in [2.75, 3.05) is 12.4 Å². The first-order valence-electron chi connectivity index (χ1n) is 12.1. The number of pyridine rings is 1. The number of amides is 3. The van der Waals surface area contributed by atoms with E-state index in [0.717, 1.165) is 23.0 Å². The van der Waals surface area contributed by atoms with Crippen LogP contribution in [-0.2, 0) is 27.3 Å². The molecule has 0 saturated heterocycles. The van der Waals surface area contributed by atoms with Crippen molar-refractivity contribution in [2.24, 2.45) is 11.7 Å². The summed E-state index contributed by atoms with van der Waals surface area (Å²) in [5.74, 6) is -0.682. The summed E-state index contributed by atoms with van der Waals surface area (Å²) >= 11 is 0. The minimum atomic E-state index is -0.994. The van der Waals surface area contributed by atoms with Gasteiger partial charge in [0.1, 0.15) is 11.7 Å². The van der Waals surface area contributed by atoms with Crippen molar-refractivity contribution in [1.82, 2.24) is 14.9 Å². The number of ether oxygens (including phenoxy) is 1. The molecule has 0 bridgehead atoms. The van der Waals surface area contributed by atoms with E-state index in [2.05, 4.69) is 46.3 Å². The van der Waals surface area contributed by atoms with E-state index in [1.54, 1.807) is 12.3 Å². The Kier molecular flexibility index (Phi) is 9.26. The zero-order valence-corrected chi connectivity index (χ0v) is 21.2. The van der Waals surface area contributed by atoms with Gasteiger partial charge in [-0.25, -0.2) is 4.79 Å². The molecule has 0 radical (unpaired) electrons. The molecule has 196 valence electrons. The maximum absolute atomic E-state index is 13.1. The van der Waals surface area contributed by atoms with E-state index in [4.69, 9.17) is 5.73 Å². The van der Waals surface area contributed by atoms with Crippen molar-refractivity contribution < 1.29 is 19.1 Å². The highest BCUT2D eigenvalue weighted by Gasteiger charge is 2.22. The third-order valence-electron chi connectivity index (χ3n) is 5.76. The monoisotopic (exact) mass is 507 g/mol. The Labute approximate surface area is 214 Å². The van der Waals surface area contributed by atoms with Gasteiger partial charge in [-0.05, 0) is 61.1 Å². The first-order chi connectivity index (χ1) is 17.7. The van der Waals surface area contributed by atoms with Crippen molar-refractivity contribution >= 4 is 34.5 Å². The minimum absolute atomic E-state index is 0.0773. The van der Waals surface area contributed by atoms with E-state index in [-0.39, 0.29) is 17.7 Å². The second-order valence-corrected chi connectivity index (χ2v) is 9.19. The second kappa shape index (κ2) is 12.6. The topological polar surface area (TPSA) is 148 Å². The number of carbonyl (C=O) groups excluding carboxylic acids is 3. The molecule has 0 aliphatic rings. The number of allylic oxidation sites excluding steroid dienone is 1. The van der Waals surface area contributed by atoms with Crippen LogP contribution in [0.2, 0.25) is 0 Å². The van der Waals surface area contributed by atoms with Crippen LogP contribution in [0.25, 0.3) is 10.9 Å². The van der Waals surface area contributed by atoms with Crippen molar-refractivity contribution in [3.63, 3.8) is 0 Å². The van der Waals surface area contributed by atoms with Crippen LogP contribution in [0.3, 0.4) is 0 Å². The van der Waals surface area contributed by atoms with Crippen LogP contribution in [0.15, 0.2) is 59.5 Å². The van der Waals surface area contributed by atoms with Gasteiger partial charge in [-0.3, -0.25) is 14.4 Å². The molecule has 0 spiro atoms. The number of methoxy groups -OCH3 is 1. The number of hydrogen-bond donors (Lipinski definition) is 4. The predicted molar refractivity (Wildman–Crippen MR) is 142 cm³/mol. The Morgan fingerprint density at radius 1 is 1.19 bits per heavy atom. The van der Waals surface area contributed by atoms with Gasteiger partial charge in [0.15, 0.2) is 0 Å². The predicted octanol–water partition coefficient (Wildman–Crippen LogP) is 3.06. The van der Waals surface area contributed by atoms with Crippen LogP contribution in [0.1, 0.15) is 37.9 Å². The summed E-state index contributed by atoms with van der Waals surface area (Å²) in [6, 6.07) is 10.4. The molecular formula is C27H33N5O5. The number of nitrogens with two attached hydrogens (primary N) is 1. The molecule has 0 fully saturated rings. The zero-order chi connectivity index (χ0) is 26.9. The molecular weight excluding hydrogens is 474 g/mol. The normalized spacial score (nSPS) is 12.1. The maximum atomic E-state index is 13.1. The number of H-pyrrole nitrogens is 1. The number of primary amides is 1. The van der Waals surface area contributed by atoms with Gasteiger partial charge in [-0.2, -0.15) is 0 Å². The number of alkyl carbamates (subject to hydrolysis) is 1. The minimum Gasteiger partial charge on any atom is -0.453 e. The van der Waals surface area contributed by atoms with Gasteiger partial charge in [0.2, 0.25) is 11.8 Å². The number of nitrogens with zero attached hydrogens (tertiary/aromatic N) is 1. The third kappa shape index (κ3) is 7.57. The number of nitrogens with one attached hydrogen (secondary N) is 3. The fourth-order valence-electron chi connectivity index (χ4n) is 4.07. The Balaban J connectivity index is 1.78. The number of hydrogen-bond acceptors (Lipinski definition) is 5. The Hall–Kier alpha value is -4.34. The molecule has 1 aromatic carbocycles. The number of carbonyl (C=O) groups is 3. The molecule has 3 rings (SSSR count). The first-order valence-corrected chi connectivity index (χ1v) is 12.1.